The lowest BCUT2D eigenvalue weighted by Gasteiger charge is -2.29. The Morgan fingerprint density at radius 3 is 1.67 bits per heavy atom. The molecule has 8 N–H and O–H groups in total. The third kappa shape index (κ3) is 12.9. The van der Waals surface area contributed by atoms with Gasteiger partial charge in [-0.2, -0.15) is 0 Å². The SMILES string of the molecule is CC[C@H](C)[C@H](N)C(=O)N[C@H](C(=O)N[C@@H](CC(C)C)C(=O)N[C@@H](CCC(=O)O)C(=O)N[C@@H](C)C(=O)O)[C@@H](C)CC. The zero-order valence-electron chi connectivity index (χ0n) is 24.1. The molecule has 0 aromatic carbocycles. The molecule has 0 spiro atoms. The molecule has 0 aliphatic rings. The van der Waals surface area contributed by atoms with E-state index in [2.05, 4.69) is 21.3 Å². The van der Waals surface area contributed by atoms with Gasteiger partial charge in [-0.05, 0) is 37.5 Å². The van der Waals surface area contributed by atoms with Crippen LogP contribution in [0.15, 0.2) is 0 Å². The van der Waals surface area contributed by atoms with Gasteiger partial charge in [0, 0.05) is 6.42 Å². The van der Waals surface area contributed by atoms with Gasteiger partial charge in [-0.15, -0.1) is 0 Å². The van der Waals surface area contributed by atoms with Crippen molar-refractivity contribution in [3.05, 3.63) is 0 Å². The molecule has 13 nitrogen and oxygen atoms in total. The zero-order valence-corrected chi connectivity index (χ0v) is 24.1. The summed E-state index contributed by atoms with van der Waals surface area (Å²) in [5.74, 6) is -5.64. The van der Waals surface area contributed by atoms with Crippen LogP contribution in [0.5, 0.6) is 0 Å². The average molecular weight is 558 g/mol. The number of carboxylic acids is 2. The van der Waals surface area contributed by atoms with Crippen LogP contribution in [-0.4, -0.2) is 76.0 Å². The first kappa shape index (κ1) is 35.8. The molecule has 13 heteroatoms. The summed E-state index contributed by atoms with van der Waals surface area (Å²) in [5, 5.41) is 28.2. The van der Waals surface area contributed by atoms with Crippen molar-refractivity contribution in [2.45, 2.75) is 111 Å². The predicted molar refractivity (Wildman–Crippen MR) is 144 cm³/mol. The van der Waals surface area contributed by atoms with Gasteiger partial charge in [0.15, 0.2) is 0 Å². The molecule has 0 saturated heterocycles. The molecule has 224 valence electrons. The number of carboxylic acid groups (broad SMARTS) is 2. The van der Waals surface area contributed by atoms with E-state index in [4.69, 9.17) is 15.9 Å². The van der Waals surface area contributed by atoms with Crippen molar-refractivity contribution in [3.8, 4) is 0 Å². The number of carbonyl (C=O) groups excluding carboxylic acids is 4. The molecule has 0 unspecified atom stereocenters. The summed E-state index contributed by atoms with van der Waals surface area (Å²) in [5.41, 5.74) is 6.04. The topological polar surface area (TPSA) is 217 Å². The van der Waals surface area contributed by atoms with Crippen LogP contribution in [0.25, 0.3) is 0 Å². The molecule has 0 bridgehead atoms. The van der Waals surface area contributed by atoms with Gasteiger partial charge in [0.05, 0.1) is 6.04 Å². The van der Waals surface area contributed by atoms with E-state index in [9.17, 15) is 28.8 Å². The van der Waals surface area contributed by atoms with Gasteiger partial charge >= 0.3 is 11.9 Å². The van der Waals surface area contributed by atoms with Crippen LogP contribution in [0, 0.1) is 17.8 Å². The lowest BCUT2D eigenvalue weighted by atomic mass is 9.94. The Kier molecular flexibility index (Phi) is 15.9. The third-order valence-electron chi connectivity index (χ3n) is 6.70. The normalized spacial score (nSPS) is 16.5. The minimum absolute atomic E-state index is 0.0603. The highest BCUT2D eigenvalue weighted by atomic mass is 16.4. The van der Waals surface area contributed by atoms with Crippen molar-refractivity contribution in [1.82, 2.24) is 21.3 Å². The first-order chi connectivity index (χ1) is 18.0. The largest absolute Gasteiger partial charge is 0.481 e. The highest BCUT2D eigenvalue weighted by Crippen LogP contribution is 2.13. The number of nitrogens with one attached hydrogen (secondary N) is 4. The van der Waals surface area contributed by atoms with E-state index < -0.39 is 72.2 Å². The molecule has 0 rings (SSSR count). The monoisotopic (exact) mass is 557 g/mol. The number of nitrogens with two attached hydrogens (primary N) is 1. The van der Waals surface area contributed by atoms with Crippen LogP contribution in [0.4, 0.5) is 0 Å². The molecule has 0 radical (unpaired) electrons. The Morgan fingerprint density at radius 2 is 1.21 bits per heavy atom. The van der Waals surface area contributed by atoms with Gasteiger partial charge in [-0.3, -0.25) is 28.8 Å². The van der Waals surface area contributed by atoms with E-state index in [0.717, 1.165) is 0 Å². The smallest absolute Gasteiger partial charge is 0.325 e. The average Bonchev–Trinajstić information content (AvgIpc) is 2.86. The van der Waals surface area contributed by atoms with E-state index in [1.54, 1.807) is 6.92 Å². The van der Waals surface area contributed by atoms with E-state index in [1.807, 2.05) is 34.6 Å². The number of carbonyl (C=O) groups is 6. The molecule has 0 aliphatic carbocycles. The minimum atomic E-state index is -1.35. The molecule has 0 aliphatic heterocycles. The lowest BCUT2D eigenvalue weighted by Crippen LogP contribution is -2.60. The van der Waals surface area contributed by atoms with Crippen LogP contribution in [0.1, 0.15) is 80.6 Å². The van der Waals surface area contributed by atoms with E-state index in [0.29, 0.717) is 12.8 Å². The number of hydrogen-bond donors (Lipinski definition) is 7. The summed E-state index contributed by atoms with van der Waals surface area (Å²) in [6, 6.07) is -5.51. The molecule has 7 atom stereocenters. The third-order valence-corrected chi connectivity index (χ3v) is 6.70. The summed E-state index contributed by atoms with van der Waals surface area (Å²) in [7, 11) is 0. The van der Waals surface area contributed by atoms with Crippen LogP contribution in [0.2, 0.25) is 0 Å². The molecule has 0 saturated carbocycles. The number of aliphatic carboxylic acids is 2. The second-order valence-electron chi connectivity index (χ2n) is 10.5. The highest BCUT2D eigenvalue weighted by Gasteiger charge is 2.34. The fourth-order valence-electron chi connectivity index (χ4n) is 3.61. The zero-order chi connectivity index (χ0) is 30.4. The van der Waals surface area contributed by atoms with E-state index in [1.165, 1.54) is 6.92 Å². The minimum Gasteiger partial charge on any atom is -0.481 e. The standard InChI is InChI=1S/C26H47N5O8/c1-8-14(5)20(27)24(36)31-21(15(6)9-2)25(37)30-18(12-13(3)4)23(35)29-17(10-11-19(32)33)22(34)28-16(7)26(38)39/h13-18,20-21H,8-12,27H2,1-7H3,(H,28,34)(H,29,35)(H,30,37)(H,31,36)(H,32,33)(H,38,39)/t14-,15-,16-,17-,18-,20-,21-/m0/s1. The molecular weight excluding hydrogens is 510 g/mol. The Morgan fingerprint density at radius 1 is 0.692 bits per heavy atom. The van der Waals surface area contributed by atoms with Crippen LogP contribution >= 0.6 is 0 Å². The van der Waals surface area contributed by atoms with Gasteiger partial charge in [0.25, 0.3) is 0 Å². The van der Waals surface area contributed by atoms with Gasteiger partial charge in [-0.25, -0.2) is 0 Å². The number of rotatable bonds is 18. The van der Waals surface area contributed by atoms with Crippen molar-refractivity contribution < 1.29 is 39.0 Å². The van der Waals surface area contributed by atoms with E-state index >= 15 is 0 Å². The quantitative estimate of drug-likeness (QED) is 0.124. The number of hydrogen-bond acceptors (Lipinski definition) is 7. The molecule has 0 heterocycles. The predicted octanol–water partition coefficient (Wildman–Crippen LogP) is 0.361. The number of amides is 4. The Balaban J connectivity index is 5.86. The summed E-state index contributed by atoms with van der Waals surface area (Å²) in [4.78, 5) is 74.2. The maximum absolute atomic E-state index is 13.3. The first-order valence-corrected chi connectivity index (χ1v) is 13.5. The van der Waals surface area contributed by atoms with Crippen molar-refractivity contribution in [3.63, 3.8) is 0 Å². The summed E-state index contributed by atoms with van der Waals surface area (Å²) in [6.07, 6.45) is 0.661. The van der Waals surface area contributed by atoms with Gasteiger partial charge in [-0.1, -0.05) is 54.4 Å². The van der Waals surface area contributed by atoms with Gasteiger partial charge in [0.1, 0.15) is 24.2 Å². The Bertz CT molecular complexity index is 865. The van der Waals surface area contributed by atoms with Crippen LogP contribution in [0.3, 0.4) is 0 Å². The van der Waals surface area contributed by atoms with Gasteiger partial charge < -0.3 is 37.2 Å². The maximum Gasteiger partial charge on any atom is 0.325 e. The molecular formula is C26H47N5O8. The van der Waals surface area contributed by atoms with Crippen molar-refractivity contribution in [2.24, 2.45) is 23.5 Å². The first-order valence-electron chi connectivity index (χ1n) is 13.5. The maximum atomic E-state index is 13.3. The molecule has 0 aromatic heterocycles. The molecule has 4 amide bonds. The van der Waals surface area contributed by atoms with Crippen LogP contribution in [-0.2, 0) is 28.8 Å². The lowest BCUT2D eigenvalue weighted by molar-refractivity contribution is -0.142. The Labute approximate surface area is 230 Å². The molecule has 0 fully saturated rings. The van der Waals surface area contributed by atoms with E-state index in [-0.39, 0.29) is 30.6 Å². The second-order valence-corrected chi connectivity index (χ2v) is 10.5. The Hall–Kier alpha value is -3.22. The summed E-state index contributed by atoms with van der Waals surface area (Å²) in [6.45, 7) is 12.3. The van der Waals surface area contributed by atoms with Crippen molar-refractivity contribution in [1.29, 1.82) is 0 Å². The second kappa shape index (κ2) is 17.4. The fourth-order valence-corrected chi connectivity index (χ4v) is 3.61. The summed E-state index contributed by atoms with van der Waals surface area (Å²) < 4.78 is 0. The molecule has 39 heavy (non-hydrogen) atoms. The van der Waals surface area contributed by atoms with Crippen molar-refractivity contribution >= 4 is 35.6 Å². The van der Waals surface area contributed by atoms with Crippen LogP contribution < -0.4 is 27.0 Å². The fraction of sp³-hybridized carbons (Fsp3) is 0.769. The summed E-state index contributed by atoms with van der Waals surface area (Å²) >= 11 is 0. The van der Waals surface area contributed by atoms with Gasteiger partial charge in [0.2, 0.25) is 23.6 Å². The van der Waals surface area contributed by atoms with Crippen molar-refractivity contribution in [2.75, 3.05) is 0 Å². The molecule has 0 aromatic rings. The highest BCUT2D eigenvalue weighted by molar-refractivity contribution is 5.95.